The first-order chi connectivity index (χ1) is 11.6. The summed E-state index contributed by atoms with van der Waals surface area (Å²) in [6.07, 6.45) is 1.89. The molecule has 1 fully saturated rings. The minimum absolute atomic E-state index is 0.282. The molecule has 2 N–H and O–H groups in total. The molecule has 5 nitrogen and oxygen atoms in total. The van der Waals surface area contributed by atoms with Gasteiger partial charge in [-0.15, -0.1) is 0 Å². The molecule has 0 radical (unpaired) electrons. The lowest BCUT2D eigenvalue weighted by Gasteiger charge is -2.41. The van der Waals surface area contributed by atoms with E-state index in [4.69, 9.17) is 10.2 Å². The summed E-state index contributed by atoms with van der Waals surface area (Å²) < 4.78 is 6.34. The number of hydrogen-bond donors (Lipinski definition) is 1. The number of anilines is 1. The Labute approximate surface area is 154 Å². The number of pyridine rings is 1. The van der Waals surface area contributed by atoms with Gasteiger partial charge in [0.1, 0.15) is 5.82 Å². The summed E-state index contributed by atoms with van der Waals surface area (Å²) in [7, 11) is -1.63. The van der Waals surface area contributed by atoms with Crippen molar-refractivity contribution in [1.82, 2.24) is 14.8 Å². The highest BCUT2D eigenvalue weighted by Gasteiger charge is 2.37. The lowest BCUT2D eigenvalue weighted by Crippen LogP contribution is -2.53. The zero-order valence-electron chi connectivity index (χ0n) is 16.9. The highest BCUT2D eigenvalue weighted by molar-refractivity contribution is 6.74. The molecular formula is C19H36N4OSi. The van der Waals surface area contributed by atoms with Crippen LogP contribution in [0.3, 0.4) is 0 Å². The van der Waals surface area contributed by atoms with Crippen molar-refractivity contribution in [3.05, 3.63) is 23.9 Å². The maximum Gasteiger partial charge on any atom is 0.192 e. The molecule has 0 amide bonds. The van der Waals surface area contributed by atoms with Crippen molar-refractivity contribution in [2.75, 3.05) is 38.5 Å². The highest BCUT2D eigenvalue weighted by Crippen LogP contribution is 2.36. The van der Waals surface area contributed by atoms with E-state index < -0.39 is 8.32 Å². The Bertz CT molecular complexity index is 541. The normalized spacial score (nSPS) is 20.8. The number of hydrogen-bond acceptors (Lipinski definition) is 5. The van der Waals surface area contributed by atoms with Gasteiger partial charge in [0.2, 0.25) is 0 Å². The van der Waals surface area contributed by atoms with Crippen LogP contribution in [0.4, 0.5) is 5.82 Å². The van der Waals surface area contributed by atoms with Gasteiger partial charge in [0.25, 0.3) is 0 Å². The maximum atomic E-state index is 6.34. The van der Waals surface area contributed by atoms with Gasteiger partial charge in [-0.05, 0) is 36.7 Å². The minimum atomic E-state index is -1.63. The molecular weight excluding hydrogens is 328 g/mol. The second-order valence-electron chi connectivity index (χ2n) is 8.82. The number of piperazine rings is 1. The molecule has 0 saturated carbocycles. The molecule has 2 heterocycles. The van der Waals surface area contributed by atoms with Gasteiger partial charge >= 0.3 is 0 Å². The van der Waals surface area contributed by atoms with Crippen LogP contribution >= 0.6 is 0 Å². The Balaban J connectivity index is 1.77. The molecule has 6 heteroatoms. The second-order valence-corrected chi connectivity index (χ2v) is 13.6. The van der Waals surface area contributed by atoms with Gasteiger partial charge in [-0.1, -0.05) is 26.8 Å². The predicted octanol–water partition coefficient (Wildman–Crippen LogP) is 3.19. The molecule has 0 aliphatic carbocycles. The highest BCUT2D eigenvalue weighted by atomic mass is 28.4. The van der Waals surface area contributed by atoms with Crippen LogP contribution < -0.4 is 5.73 Å². The standard InChI is InChI=1S/C19H36N4OSi/c1-16-14-22(15-17-7-8-18(20)21-13-17)9-10-23(16)11-12-24-25(5,6)19(2,3)4/h7-8,13,16H,9-12,14-15H2,1-6H3,(H2,20,21)/t16-/m0/s1. The summed E-state index contributed by atoms with van der Waals surface area (Å²) in [6, 6.07) is 4.51. The van der Waals surface area contributed by atoms with Crippen LogP contribution in [-0.2, 0) is 11.0 Å². The molecule has 25 heavy (non-hydrogen) atoms. The first-order valence-corrected chi connectivity index (χ1v) is 12.3. The lowest BCUT2D eigenvalue weighted by atomic mass is 10.1. The van der Waals surface area contributed by atoms with Crippen LogP contribution in [0.5, 0.6) is 0 Å². The first kappa shape index (κ1) is 20.4. The Kier molecular flexibility index (Phi) is 6.65. The smallest absolute Gasteiger partial charge is 0.192 e. The lowest BCUT2D eigenvalue weighted by molar-refractivity contribution is 0.0660. The molecule has 0 bridgehead atoms. The van der Waals surface area contributed by atoms with Crippen molar-refractivity contribution in [3.8, 4) is 0 Å². The van der Waals surface area contributed by atoms with Gasteiger partial charge in [0.15, 0.2) is 8.32 Å². The summed E-state index contributed by atoms with van der Waals surface area (Å²) in [5, 5.41) is 0.282. The summed E-state index contributed by atoms with van der Waals surface area (Å²) in [5.74, 6) is 0.587. The number of nitrogen functional groups attached to an aromatic ring is 1. The largest absolute Gasteiger partial charge is 0.416 e. The number of nitrogens with two attached hydrogens (primary N) is 1. The van der Waals surface area contributed by atoms with Crippen LogP contribution in [0, 0.1) is 0 Å². The van der Waals surface area contributed by atoms with Crippen molar-refractivity contribution >= 4 is 14.1 Å². The zero-order chi connectivity index (χ0) is 18.7. The topological polar surface area (TPSA) is 54.6 Å². The Hall–Kier alpha value is -0.953. The van der Waals surface area contributed by atoms with Crippen LogP contribution in [0.2, 0.25) is 18.1 Å². The van der Waals surface area contributed by atoms with E-state index in [0.717, 1.165) is 39.3 Å². The maximum absolute atomic E-state index is 6.34. The second kappa shape index (κ2) is 8.16. The predicted molar refractivity (Wildman–Crippen MR) is 108 cm³/mol. The van der Waals surface area contributed by atoms with E-state index in [9.17, 15) is 0 Å². The molecule has 0 aromatic carbocycles. The van der Waals surface area contributed by atoms with Crippen LogP contribution in [0.25, 0.3) is 0 Å². The molecule has 2 rings (SSSR count). The molecule has 1 aliphatic heterocycles. The third-order valence-corrected chi connectivity index (χ3v) is 10.3. The fourth-order valence-electron chi connectivity index (χ4n) is 2.97. The zero-order valence-corrected chi connectivity index (χ0v) is 17.9. The van der Waals surface area contributed by atoms with Gasteiger partial charge < -0.3 is 10.2 Å². The Morgan fingerprint density at radius 1 is 1.28 bits per heavy atom. The average Bonchev–Trinajstić information content (AvgIpc) is 2.50. The molecule has 1 saturated heterocycles. The molecule has 1 atom stereocenters. The van der Waals surface area contributed by atoms with Crippen molar-refractivity contribution in [1.29, 1.82) is 0 Å². The third kappa shape index (κ3) is 5.77. The molecule has 142 valence electrons. The Morgan fingerprint density at radius 2 is 2.00 bits per heavy atom. The molecule has 1 aromatic heterocycles. The monoisotopic (exact) mass is 364 g/mol. The SMILES string of the molecule is C[C@H]1CN(Cc2ccc(N)nc2)CCN1CCO[Si](C)(C)C(C)(C)C. The molecule has 0 spiro atoms. The van der Waals surface area contributed by atoms with E-state index in [2.05, 4.69) is 61.6 Å². The Morgan fingerprint density at radius 3 is 2.56 bits per heavy atom. The van der Waals surface area contributed by atoms with Crippen molar-refractivity contribution in [2.45, 2.75) is 58.4 Å². The van der Waals surface area contributed by atoms with E-state index in [1.54, 1.807) is 0 Å². The summed E-state index contributed by atoms with van der Waals surface area (Å²) in [6.45, 7) is 20.0. The van der Waals surface area contributed by atoms with Gasteiger partial charge in [-0.3, -0.25) is 9.80 Å². The van der Waals surface area contributed by atoms with Crippen molar-refractivity contribution < 1.29 is 4.43 Å². The fourth-order valence-corrected chi connectivity index (χ4v) is 4.00. The molecule has 1 aliphatic rings. The van der Waals surface area contributed by atoms with E-state index in [0.29, 0.717) is 11.9 Å². The van der Waals surface area contributed by atoms with Crippen LogP contribution in [0.1, 0.15) is 33.3 Å². The van der Waals surface area contributed by atoms with Crippen LogP contribution in [0.15, 0.2) is 18.3 Å². The van der Waals surface area contributed by atoms with E-state index in [1.165, 1.54) is 5.56 Å². The number of rotatable bonds is 6. The quantitative estimate of drug-likeness (QED) is 0.786. The van der Waals surface area contributed by atoms with Crippen LogP contribution in [-0.4, -0.2) is 61.9 Å². The van der Waals surface area contributed by atoms with Crippen molar-refractivity contribution in [3.63, 3.8) is 0 Å². The summed E-state index contributed by atoms with van der Waals surface area (Å²) in [5.41, 5.74) is 6.90. The summed E-state index contributed by atoms with van der Waals surface area (Å²) >= 11 is 0. The van der Waals surface area contributed by atoms with E-state index in [-0.39, 0.29) is 5.04 Å². The van der Waals surface area contributed by atoms with Crippen molar-refractivity contribution in [2.24, 2.45) is 0 Å². The van der Waals surface area contributed by atoms with E-state index in [1.807, 2.05) is 12.3 Å². The van der Waals surface area contributed by atoms with E-state index >= 15 is 0 Å². The third-order valence-electron chi connectivity index (χ3n) is 5.75. The average molecular weight is 365 g/mol. The number of nitrogens with zero attached hydrogens (tertiary/aromatic N) is 3. The van der Waals surface area contributed by atoms with Gasteiger partial charge in [-0.25, -0.2) is 4.98 Å². The van der Waals surface area contributed by atoms with Gasteiger partial charge in [0.05, 0.1) is 0 Å². The van der Waals surface area contributed by atoms with Gasteiger partial charge in [-0.2, -0.15) is 0 Å². The first-order valence-electron chi connectivity index (χ1n) is 9.39. The molecule has 1 aromatic rings. The minimum Gasteiger partial charge on any atom is -0.416 e. The number of aromatic nitrogens is 1. The fraction of sp³-hybridized carbons (Fsp3) is 0.737. The summed E-state index contributed by atoms with van der Waals surface area (Å²) in [4.78, 5) is 9.25. The molecule has 0 unspecified atom stereocenters. The van der Waals surface area contributed by atoms with Gasteiger partial charge in [0, 0.05) is 51.6 Å².